The Hall–Kier alpha value is -3.99. The van der Waals surface area contributed by atoms with Crippen molar-refractivity contribution >= 4 is 39.3 Å². The van der Waals surface area contributed by atoms with Crippen LogP contribution in [-0.4, -0.2) is 45.2 Å². The molecule has 0 bridgehead atoms. The maximum Gasteiger partial charge on any atom is 0.350 e. The van der Waals surface area contributed by atoms with Gasteiger partial charge in [-0.2, -0.15) is 4.98 Å². The van der Waals surface area contributed by atoms with E-state index in [0.29, 0.717) is 29.2 Å². The van der Waals surface area contributed by atoms with Gasteiger partial charge in [0.2, 0.25) is 5.52 Å². The monoisotopic (exact) mass is 411 g/mol. The summed E-state index contributed by atoms with van der Waals surface area (Å²) in [5.41, 5.74) is 3.04. The van der Waals surface area contributed by atoms with E-state index < -0.39 is 0 Å². The number of fused-ring (bicyclic) bond motifs is 2. The van der Waals surface area contributed by atoms with Crippen LogP contribution in [0.5, 0.6) is 0 Å². The summed E-state index contributed by atoms with van der Waals surface area (Å²) in [7, 11) is 1.68. The molecule has 4 heterocycles. The van der Waals surface area contributed by atoms with Gasteiger partial charge in [0.15, 0.2) is 5.82 Å². The van der Waals surface area contributed by atoms with Crippen LogP contribution in [-0.2, 0) is 7.05 Å². The standard InChI is InChI=1S/C23H21N7O/c1-15-14-29(18-8-4-6-16-7-5-11-25-20(16)18)12-13-30(15)22-21-17(28(3)23(31)27-22)9-10-19(24-2)26-21/h4-11,15H,12-14H2,1,3H3/t15-/m0/s1. The third-order valence-corrected chi connectivity index (χ3v) is 5.89. The Morgan fingerprint density at radius 3 is 2.71 bits per heavy atom. The number of rotatable bonds is 2. The van der Waals surface area contributed by atoms with Gasteiger partial charge < -0.3 is 14.6 Å². The zero-order chi connectivity index (χ0) is 21.5. The Bertz CT molecular complexity index is 1400. The first kappa shape index (κ1) is 19.0. The quantitative estimate of drug-likeness (QED) is 0.472. The van der Waals surface area contributed by atoms with Gasteiger partial charge >= 0.3 is 5.69 Å². The molecule has 8 nitrogen and oxygen atoms in total. The molecule has 4 aromatic rings. The van der Waals surface area contributed by atoms with Gasteiger partial charge in [-0.1, -0.05) is 24.8 Å². The van der Waals surface area contributed by atoms with Crippen LogP contribution in [0.15, 0.2) is 53.5 Å². The summed E-state index contributed by atoms with van der Waals surface area (Å²) in [4.78, 5) is 33.8. The van der Waals surface area contributed by atoms with Crippen LogP contribution in [0.1, 0.15) is 6.92 Å². The largest absolute Gasteiger partial charge is 0.366 e. The normalized spacial score (nSPS) is 16.6. The third kappa shape index (κ3) is 3.15. The van der Waals surface area contributed by atoms with E-state index in [9.17, 15) is 4.79 Å². The van der Waals surface area contributed by atoms with E-state index in [1.165, 1.54) is 4.57 Å². The first-order chi connectivity index (χ1) is 15.1. The number of benzene rings is 1. The van der Waals surface area contributed by atoms with E-state index in [1.807, 2.05) is 12.3 Å². The zero-order valence-electron chi connectivity index (χ0n) is 17.4. The predicted octanol–water partition coefficient (Wildman–Crippen LogP) is 3.14. The number of hydrogen-bond acceptors (Lipinski definition) is 6. The van der Waals surface area contributed by atoms with E-state index in [0.717, 1.165) is 29.7 Å². The fourth-order valence-corrected chi connectivity index (χ4v) is 4.30. The summed E-state index contributed by atoms with van der Waals surface area (Å²) in [6.07, 6.45) is 1.82. The minimum Gasteiger partial charge on any atom is -0.366 e. The summed E-state index contributed by atoms with van der Waals surface area (Å²) >= 11 is 0. The predicted molar refractivity (Wildman–Crippen MR) is 122 cm³/mol. The lowest BCUT2D eigenvalue weighted by molar-refractivity contribution is 0.546. The molecule has 0 spiro atoms. The van der Waals surface area contributed by atoms with E-state index >= 15 is 0 Å². The van der Waals surface area contributed by atoms with Gasteiger partial charge in [-0.15, -0.1) is 4.98 Å². The topological polar surface area (TPSA) is 71.5 Å². The van der Waals surface area contributed by atoms with Crippen molar-refractivity contribution in [2.24, 2.45) is 7.05 Å². The number of pyridine rings is 2. The second kappa shape index (κ2) is 7.36. The number of hydrogen-bond donors (Lipinski definition) is 0. The average Bonchev–Trinajstić information content (AvgIpc) is 2.81. The minimum absolute atomic E-state index is 0.0916. The molecular formula is C23H21N7O. The molecule has 1 aliphatic heterocycles. The van der Waals surface area contributed by atoms with Crippen molar-refractivity contribution in [1.29, 1.82) is 0 Å². The van der Waals surface area contributed by atoms with Crippen molar-refractivity contribution < 1.29 is 0 Å². The lowest BCUT2D eigenvalue weighted by Crippen LogP contribution is -2.53. The Morgan fingerprint density at radius 1 is 1.06 bits per heavy atom. The number of anilines is 2. The maximum absolute atomic E-state index is 12.5. The van der Waals surface area contributed by atoms with Crippen molar-refractivity contribution in [2.75, 3.05) is 29.4 Å². The molecule has 0 aliphatic carbocycles. The zero-order valence-corrected chi connectivity index (χ0v) is 17.4. The van der Waals surface area contributed by atoms with Gasteiger partial charge in [0.1, 0.15) is 0 Å². The van der Waals surface area contributed by atoms with E-state index in [2.05, 4.69) is 60.8 Å². The molecule has 8 heteroatoms. The Labute approximate surface area is 179 Å². The Kier molecular flexibility index (Phi) is 4.51. The molecule has 1 atom stereocenters. The van der Waals surface area contributed by atoms with Crippen LogP contribution < -0.4 is 15.5 Å². The molecule has 0 unspecified atom stereocenters. The first-order valence-electron chi connectivity index (χ1n) is 10.2. The number of aryl methyl sites for hydroxylation is 1. The van der Waals surface area contributed by atoms with Crippen molar-refractivity contribution in [2.45, 2.75) is 13.0 Å². The molecule has 5 rings (SSSR count). The molecule has 1 aliphatic rings. The van der Waals surface area contributed by atoms with Crippen LogP contribution in [0.2, 0.25) is 0 Å². The van der Waals surface area contributed by atoms with E-state index in [4.69, 9.17) is 6.57 Å². The van der Waals surface area contributed by atoms with Gasteiger partial charge in [-0.05, 0) is 31.2 Å². The lowest BCUT2D eigenvalue weighted by Gasteiger charge is -2.41. The lowest BCUT2D eigenvalue weighted by atomic mass is 10.1. The van der Waals surface area contributed by atoms with Crippen LogP contribution in [0.4, 0.5) is 17.3 Å². The van der Waals surface area contributed by atoms with Gasteiger partial charge in [0.25, 0.3) is 5.82 Å². The highest BCUT2D eigenvalue weighted by molar-refractivity contribution is 5.91. The van der Waals surface area contributed by atoms with Crippen molar-refractivity contribution in [1.82, 2.24) is 19.5 Å². The van der Waals surface area contributed by atoms with Crippen molar-refractivity contribution in [3.63, 3.8) is 0 Å². The highest BCUT2D eigenvalue weighted by Crippen LogP contribution is 2.30. The van der Waals surface area contributed by atoms with Crippen LogP contribution in [0.25, 0.3) is 26.8 Å². The van der Waals surface area contributed by atoms with E-state index in [1.54, 1.807) is 19.2 Å². The molecule has 1 fully saturated rings. The van der Waals surface area contributed by atoms with Gasteiger partial charge in [0.05, 0.1) is 16.7 Å². The molecular weight excluding hydrogens is 390 g/mol. The molecule has 0 saturated carbocycles. The molecule has 154 valence electrons. The van der Waals surface area contributed by atoms with Crippen LogP contribution in [0.3, 0.4) is 0 Å². The minimum atomic E-state index is -0.326. The Morgan fingerprint density at radius 2 is 1.90 bits per heavy atom. The molecule has 31 heavy (non-hydrogen) atoms. The van der Waals surface area contributed by atoms with Crippen molar-refractivity contribution in [3.05, 3.63) is 70.6 Å². The molecule has 0 radical (unpaired) electrons. The van der Waals surface area contributed by atoms with Gasteiger partial charge in [-0.25, -0.2) is 4.79 Å². The molecule has 0 amide bonds. The third-order valence-electron chi connectivity index (χ3n) is 5.89. The Balaban J connectivity index is 1.53. The summed E-state index contributed by atoms with van der Waals surface area (Å²) in [5, 5.41) is 1.12. The summed E-state index contributed by atoms with van der Waals surface area (Å²) in [5.74, 6) is 0.842. The number of para-hydroxylation sites is 1. The summed E-state index contributed by atoms with van der Waals surface area (Å²) in [6, 6.07) is 13.7. The fourth-order valence-electron chi connectivity index (χ4n) is 4.30. The fraction of sp³-hybridized carbons (Fsp3) is 0.261. The summed E-state index contributed by atoms with van der Waals surface area (Å²) in [6.45, 7) is 11.6. The highest BCUT2D eigenvalue weighted by atomic mass is 16.1. The smallest absolute Gasteiger partial charge is 0.350 e. The second-order valence-electron chi connectivity index (χ2n) is 7.77. The van der Waals surface area contributed by atoms with Crippen molar-refractivity contribution in [3.8, 4) is 0 Å². The second-order valence-corrected chi connectivity index (χ2v) is 7.77. The molecule has 1 saturated heterocycles. The van der Waals surface area contributed by atoms with Crippen LogP contribution >= 0.6 is 0 Å². The number of aromatic nitrogens is 4. The average molecular weight is 411 g/mol. The maximum atomic E-state index is 12.5. The van der Waals surface area contributed by atoms with Gasteiger partial charge in [-0.3, -0.25) is 9.55 Å². The molecule has 1 aromatic carbocycles. The molecule has 3 aromatic heterocycles. The van der Waals surface area contributed by atoms with Gasteiger partial charge in [0, 0.05) is 44.3 Å². The highest BCUT2D eigenvalue weighted by Gasteiger charge is 2.29. The SMILES string of the molecule is [C-]#[N+]c1ccc2c(n1)c(N1CCN(c3cccc4cccnc34)C[C@@H]1C)nc(=O)n2C. The summed E-state index contributed by atoms with van der Waals surface area (Å²) < 4.78 is 1.47. The first-order valence-corrected chi connectivity index (χ1v) is 10.2. The molecule has 0 N–H and O–H groups in total. The number of nitrogens with zero attached hydrogens (tertiary/aromatic N) is 7. The van der Waals surface area contributed by atoms with Crippen LogP contribution in [0, 0.1) is 6.57 Å². The number of piperazine rings is 1. The van der Waals surface area contributed by atoms with E-state index in [-0.39, 0.29) is 11.7 Å².